The third-order valence-electron chi connectivity index (χ3n) is 3.42. The molecule has 0 unspecified atom stereocenters. The van der Waals surface area contributed by atoms with Crippen LogP contribution >= 0.6 is 23.1 Å². The Morgan fingerprint density at radius 1 is 1.20 bits per heavy atom. The predicted molar refractivity (Wildman–Crippen MR) is 99.9 cm³/mol. The fourth-order valence-corrected chi connectivity index (χ4v) is 3.87. The number of hydrogen-bond acceptors (Lipinski definition) is 6. The summed E-state index contributed by atoms with van der Waals surface area (Å²) in [6.07, 6.45) is 0. The molecular weight excluding hydrogens is 357 g/mol. The van der Waals surface area contributed by atoms with E-state index in [1.807, 2.05) is 6.07 Å². The molecule has 25 heavy (non-hydrogen) atoms. The molecule has 0 aliphatic carbocycles. The van der Waals surface area contributed by atoms with Crippen molar-refractivity contribution in [1.82, 2.24) is 10.2 Å². The summed E-state index contributed by atoms with van der Waals surface area (Å²) >= 11 is 3.03. The standard InChI is InChI=1S/C18H16FN3OS2/c1-12-3-2-4-13(9-12)11-24-18-22-21-17(25-18)20-10-16(23)14-5-7-15(19)8-6-14/h2-9H,10-11H2,1H3,(H,20,21). The van der Waals surface area contributed by atoms with E-state index in [1.165, 1.54) is 46.7 Å². The lowest BCUT2D eigenvalue weighted by atomic mass is 10.1. The van der Waals surface area contributed by atoms with E-state index in [4.69, 9.17) is 0 Å². The van der Waals surface area contributed by atoms with E-state index in [0.717, 1.165) is 10.1 Å². The third-order valence-corrected chi connectivity index (χ3v) is 5.50. The molecule has 7 heteroatoms. The smallest absolute Gasteiger partial charge is 0.206 e. The summed E-state index contributed by atoms with van der Waals surface area (Å²) in [7, 11) is 0. The van der Waals surface area contributed by atoms with Crippen LogP contribution in [0.2, 0.25) is 0 Å². The number of aryl methyl sites for hydroxylation is 1. The van der Waals surface area contributed by atoms with Gasteiger partial charge in [0.2, 0.25) is 5.13 Å². The largest absolute Gasteiger partial charge is 0.353 e. The van der Waals surface area contributed by atoms with Crippen LogP contribution in [-0.4, -0.2) is 22.5 Å². The maximum Gasteiger partial charge on any atom is 0.206 e. The lowest BCUT2D eigenvalue weighted by Gasteiger charge is -2.01. The van der Waals surface area contributed by atoms with Crippen LogP contribution in [0, 0.1) is 12.7 Å². The van der Waals surface area contributed by atoms with Gasteiger partial charge in [0, 0.05) is 11.3 Å². The molecule has 3 rings (SSSR count). The monoisotopic (exact) mass is 373 g/mol. The summed E-state index contributed by atoms with van der Waals surface area (Å²) in [6, 6.07) is 13.8. The van der Waals surface area contributed by atoms with Gasteiger partial charge in [-0.15, -0.1) is 10.2 Å². The molecule has 4 nitrogen and oxygen atoms in total. The highest BCUT2D eigenvalue weighted by molar-refractivity contribution is 8.00. The molecule has 0 amide bonds. The van der Waals surface area contributed by atoms with E-state index >= 15 is 0 Å². The van der Waals surface area contributed by atoms with Gasteiger partial charge < -0.3 is 5.32 Å². The first-order chi connectivity index (χ1) is 12.1. The number of rotatable bonds is 7. The molecule has 0 spiro atoms. The Bertz CT molecular complexity index is 865. The maximum absolute atomic E-state index is 12.9. The number of nitrogens with one attached hydrogen (secondary N) is 1. The Morgan fingerprint density at radius 2 is 2.00 bits per heavy atom. The number of thioether (sulfide) groups is 1. The average Bonchev–Trinajstić information content (AvgIpc) is 3.06. The van der Waals surface area contributed by atoms with Crippen molar-refractivity contribution in [3.8, 4) is 0 Å². The van der Waals surface area contributed by atoms with Crippen molar-refractivity contribution in [2.75, 3.05) is 11.9 Å². The first-order valence-corrected chi connectivity index (χ1v) is 9.45. The van der Waals surface area contributed by atoms with Gasteiger partial charge in [-0.3, -0.25) is 4.79 Å². The molecule has 1 heterocycles. The van der Waals surface area contributed by atoms with Gasteiger partial charge in [-0.25, -0.2) is 4.39 Å². The van der Waals surface area contributed by atoms with Crippen molar-refractivity contribution in [2.24, 2.45) is 0 Å². The number of halogens is 1. The normalized spacial score (nSPS) is 10.6. The zero-order valence-corrected chi connectivity index (χ0v) is 15.2. The average molecular weight is 373 g/mol. The molecule has 0 bridgehead atoms. The van der Waals surface area contributed by atoms with Crippen molar-refractivity contribution in [3.05, 3.63) is 71.0 Å². The molecule has 3 aromatic rings. The van der Waals surface area contributed by atoms with E-state index < -0.39 is 0 Å². The maximum atomic E-state index is 12.9. The van der Waals surface area contributed by atoms with Crippen LogP contribution in [0.25, 0.3) is 0 Å². The molecule has 0 aliphatic rings. The van der Waals surface area contributed by atoms with Gasteiger partial charge in [-0.1, -0.05) is 52.9 Å². The summed E-state index contributed by atoms with van der Waals surface area (Å²) < 4.78 is 13.7. The van der Waals surface area contributed by atoms with Crippen LogP contribution in [-0.2, 0) is 5.75 Å². The Morgan fingerprint density at radius 3 is 2.76 bits per heavy atom. The predicted octanol–water partition coefficient (Wildman–Crippen LogP) is 4.57. The van der Waals surface area contributed by atoms with Crippen LogP contribution in [0.5, 0.6) is 0 Å². The van der Waals surface area contributed by atoms with Crippen molar-refractivity contribution in [2.45, 2.75) is 17.0 Å². The van der Waals surface area contributed by atoms with E-state index in [-0.39, 0.29) is 18.1 Å². The minimum absolute atomic E-state index is 0.100. The number of carbonyl (C=O) groups is 1. The zero-order chi connectivity index (χ0) is 17.6. The van der Waals surface area contributed by atoms with Crippen LogP contribution in [0.3, 0.4) is 0 Å². The highest BCUT2D eigenvalue weighted by Crippen LogP contribution is 2.28. The van der Waals surface area contributed by atoms with Gasteiger partial charge >= 0.3 is 0 Å². The number of carbonyl (C=O) groups excluding carboxylic acids is 1. The number of ketones is 1. The van der Waals surface area contributed by atoms with Crippen LogP contribution in [0.4, 0.5) is 9.52 Å². The number of nitrogens with zero attached hydrogens (tertiary/aromatic N) is 2. The van der Waals surface area contributed by atoms with Gasteiger partial charge in [-0.2, -0.15) is 0 Å². The molecule has 2 aromatic carbocycles. The number of benzene rings is 2. The molecular formula is C18H16FN3OS2. The molecule has 0 fully saturated rings. The quantitative estimate of drug-likeness (QED) is 0.485. The SMILES string of the molecule is Cc1cccc(CSc2nnc(NCC(=O)c3ccc(F)cc3)s2)c1. The molecule has 128 valence electrons. The van der Waals surface area contributed by atoms with E-state index in [2.05, 4.69) is 40.6 Å². The fraction of sp³-hybridized carbons (Fsp3) is 0.167. The first kappa shape index (κ1) is 17.6. The number of Topliss-reactive ketones (excluding diaryl/α,β-unsaturated/α-hetero) is 1. The van der Waals surface area contributed by atoms with Gasteiger partial charge in [-0.05, 0) is 36.8 Å². The van der Waals surface area contributed by atoms with Gasteiger partial charge in [0.05, 0.1) is 6.54 Å². The summed E-state index contributed by atoms with van der Waals surface area (Å²) in [6.45, 7) is 2.17. The zero-order valence-electron chi connectivity index (χ0n) is 13.5. The van der Waals surface area contributed by atoms with E-state index in [0.29, 0.717) is 10.7 Å². The minimum atomic E-state index is -0.357. The summed E-state index contributed by atoms with van der Waals surface area (Å²) in [4.78, 5) is 12.0. The first-order valence-electron chi connectivity index (χ1n) is 7.64. The van der Waals surface area contributed by atoms with E-state index in [1.54, 1.807) is 11.8 Å². The Hall–Kier alpha value is -2.25. The van der Waals surface area contributed by atoms with Crippen LogP contribution in [0.1, 0.15) is 21.5 Å². The second kappa shape index (κ2) is 8.22. The second-order valence-electron chi connectivity index (χ2n) is 5.43. The fourth-order valence-electron chi connectivity index (χ4n) is 2.18. The highest BCUT2D eigenvalue weighted by atomic mass is 32.2. The van der Waals surface area contributed by atoms with Gasteiger partial charge in [0.25, 0.3) is 0 Å². The molecule has 1 N–H and O–H groups in total. The lowest BCUT2D eigenvalue weighted by molar-refractivity contribution is 0.101. The molecule has 0 radical (unpaired) electrons. The molecule has 0 aliphatic heterocycles. The van der Waals surface area contributed by atoms with Crippen molar-refractivity contribution >= 4 is 34.0 Å². The number of hydrogen-bond donors (Lipinski definition) is 1. The van der Waals surface area contributed by atoms with Gasteiger partial charge in [0.1, 0.15) is 5.82 Å². The Labute approximate surface area is 153 Å². The number of anilines is 1. The highest BCUT2D eigenvalue weighted by Gasteiger charge is 2.09. The molecule has 0 saturated heterocycles. The van der Waals surface area contributed by atoms with Crippen molar-refractivity contribution < 1.29 is 9.18 Å². The minimum Gasteiger partial charge on any atom is -0.353 e. The van der Waals surface area contributed by atoms with Gasteiger partial charge in [0.15, 0.2) is 10.1 Å². The summed E-state index contributed by atoms with van der Waals surface area (Å²) in [5, 5.41) is 11.7. The van der Waals surface area contributed by atoms with Crippen LogP contribution in [0.15, 0.2) is 52.9 Å². The number of aromatic nitrogens is 2. The van der Waals surface area contributed by atoms with E-state index in [9.17, 15) is 9.18 Å². The van der Waals surface area contributed by atoms with Crippen LogP contribution < -0.4 is 5.32 Å². The van der Waals surface area contributed by atoms with Crippen molar-refractivity contribution in [1.29, 1.82) is 0 Å². The molecule has 0 atom stereocenters. The molecule has 1 aromatic heterocycles. The Balaban J connectivity index is 1.51. The third kappa shape index (κ3) is 5.11. The Kier molecular flexibility index (Phi) is 5.78. The topological polar surface area (TPSA) is 54.9 Å². The van der Waals surface area contributed by atoms with Crippen molar-refractivity contribution in [3.63, 3.8) is 0 Å². The molecule has 0 saturated carbocycles. The summed E-state index contributed by atoms with van der Waals surface area (Å²) in [5.41, 5.74) is 2.94. The second-order valence-corrected chi connectivity index (χ2v) is 7.63. The summed E-state index contributed by atoms with van der Waals surface area (Å²) in [5.74, 6) is 0.346. The lowest BCUT2D eigenvalue weighted by Crippen LogP contribution is -2.13.